The van der Waals surface area contributed by atoms with E-state index in [1.165, 1.54) is 7.11 Å². The first-order valence-corrected chi connectivity index (χ1v) is 5.69. The molecule has 0 bridgehead atoms. The van der Waals surface area contributed by atoms with Crippen LogP contribution in [0.2, 0.25) is 5.02 Å². The van der Waals surface area contributed by atoms with Gasteiger partial charge in [0.2, 0.25) is 0 Å². The van der Waals surface area contributed by atoms with Gasteiger partial charge >= 0.3 is 0 Å². The van der Waals surface area contributed by atoms with E-state index in [-0.39, 0.29) is 13.2 Å². The summed E-state index contributed by atoms with van der Waals surface area (Å²) in [6, 6.07) is 5.04. The SMILES string of the molecule is COCC(O)COc1ccc(C(C)O)cc1Cl. The van der Waals surface area contributed by atoms with Crippen molar-refractivity contribution in [2.75, 3.05) is 20.3 Å². The summed E-state index contributed by atoms with van der Waals surface area (Å²) in [5.74, 6) is 0.478. The van der Waals surface area contributed by atoms with E-state index in [1.54, 1.807) is 25.1 Å². The second-order valence-electron chi connectivity index (χ2n) is 3.79. The lowest BCUT2D eigenvalue weighted by Gasteiger charge is -2.13. The maximum atomic E-state index is 9.41. The summed E-state index contributed by atoms with van der Waals surface area (Å²) in [7, 11) is 1.51. The molecular weight excluding hydrogens is 244 g/mol. The van der Waals surface area contributed by atoms with Gasteiger partial charge in [-0.1, -0.05) is 17.7 Å². The lowest BCUT2D eigenvalue weighted by Crippen LogP contribution is -2.22. The third kappa shape index (κ3) is 4.52. The molecule has 0 aliphatic heterocycles. The number of methoxy groups -OCH3 is 1. The number of benzene rings is 1. The van der Waals surface area contributed by atoms with Gasteiger partial charge in [-0.25, -0.2) is 0 Å². The summed E-state index contributed by atoms with van der Waals surface area (Å²) in [5, 5.41) is 19.2. The van der Waals surface area contributed by atoms with Crippen LogP contribution in [0, 0.1) is 0 Å². The van der Waals surface area contributed by atoms with Crippen molar-refractivity contribution < 1.29 is 19.7 Å². The molecule has 4 nitrogen and oxygen atoms in total. The second-order valence-corrected chi connectivity index (χ2v) is 4.19. The Bertz CT molecular complexity index is 354. The molecule has 0 aliphatic rings. The Hall–Kier alpha value is -0.810. The molecule has 1 aromatic rings. The quantitative estimate of drug-likeness (QED) is 0.819. The predicted octanol–water partition coefficient (Wildman–Crippen LogP) is 1.78. The normalized spacial score (nSPS) is 14.4. The van der Waals surface area contributed by atoms with Gasteiger partial charge in [0.25, 0.3) is 0 Å². The third-order valence-electron chi connectivity index (χ3n) is 2.23. The van der Waals surface area contributed by atoms with E-state index in [0.717, 1.165) is 5.56 Å². The number of ether oxygens (including phenoxy) is 2. The first kappa shape index (κ1) is 14.3. The van der Waals surface area contributed by atoms with Crippen molar-refractivity contribution in [1.82, 2.24) is 0 Å². The van der Waals surface area contributed by atoms with Crippen LogP contribution in [-0.2, 0) is 4.74 Å². The fraction of sp³-hybridized carbons (Fsp3) is 0.500. The van der Waals surface area contributed by atoms with E-state index >= 15 is 0 Å². The van der Waals surface area contributed by atoms with Crippen molar-refractivity contribution in [2.24, 2.45) is 0 Å². The molecule has 0 aromatic heterocycles. The highest BCUT2D eigenvalue weighted by Gasteiger charge is 2.09. The Balaban J connectivity index is 2.60. The van der Waals surface area contributed by atoms with Gasteiger partial charge in [-0.2, -0.15) is 0 Å². The van der Waals surface area contributed by atoms with Crippen LogP contribution in [0.5, 0.6) is 5.75 Å². The molecule has 96 valence electrons. The summed E-state index contributed by atoms with van der Waals surface area (Å²) in [6.07, 6.45) is -1.26. The van der Waals surface area contributed by atoms with Gasteiger partial charge in [0.1, 0.15) is 18.5 Å². The van der Waals surface area contributed by atoms with Gasteiger partial charge in [-0.05, 0) is 24.6 Å². The number of hydrogen-bond acceptors (Lipinski definition) is 4. The molecule has 1 rings (SSSR count). The number of rotatable bonds is 6. The molecule has 0 fully saturated rings. The minimum atomic E-state index is -0.687. The van der Waals surface area contributed by atoms with Crippen LogP contribution >= 0.6 is 11.6 Å². The van der Waals surface area contributed by atoms with Crippen LogP contribution in [0.3, 0.4) is 0 Å². The van der Waals surface area contributed by atoms with E-state index in [1.807, 2.05) is 0 Å². The van der Waals surface area contributed by atoms with Crippen LogP contribution < -0.4 is 4.74 Å². The molecule has 17 heavy (non-hydrogen) atoms. The van der Waals surface area contributed by atoms with E-state index in [0.29, 0.717) is 10.8 Å². The largest absolute Gasteiger partial charge is 0.489 e. The minimum absolute atomic E-state index is 0.113. The minimum Gasteiger partial charge on any atom is -0.489 e. The van der Waals surface area contributed by atoms with Crippen molar-refractivity contribution >= 4 is 11.6 Å². The lowest BCUT2D eigenvalue weighted by atomic mass is 10.1. The molecule has 0 saturated carbocycles. The molecule has 0 saturated heterocycles. The van der Waals surface area contributed by atoms with Gasteiger partial charge < -0.3 is 19.7 Å². The van der Waals surface area contributed by atoms with E-state index < -0.39 is 12.2 Å². The maximum absolute atomic E-state index is 9.41. The Morgan fingerprint density at radius 3 is 2.53 bits per heavy atom. The smallest absolute Gasteiger partial charge is 0.138 e. The fourth-order valence-electron chi connectivity index (χ4n) is 1.32. The zero-order chi connectivity index (χ0) is 12.8. The molecule has 0 amide bonds. The summed E-state index contributed by atoms with van der Waals surface area (Å²) in [6.45, 7) is 1.99. The molecule has 5 heteroatoms. The van der Waals surface area contributed by atoms with Gasteiger partial charge in [0.15, 0.2) is 0 Å². The Morgan fingerprint density at radius 2 is 2.00 bits per heavy atom. The summed E-state index contributed by atoms with van der Waals surface area (Å²) in [5.41, 5.74) is 0.722. The summed E-state index contributed by atoms with van der Waals surface area (Å²) >= 11 is 5.98. The van der Waals surface area contributed by atoms with E-state index in [2.05, 4.69) is 0 Å². The number of halogens is 1. The van der Waals surface area contributed by atoms with Crippen molar-refractivity contribution in [3.63, 3.8) is 0 Å². The Kier molecular flexibility index (Phi) is 5.71. The topological polar surface area (TPSA) is 58.9 Å². The average Bonchev–Trinajstić information content (AvgIpc) is 2.27. The fourth-order valence-corrected chi connectivity index (χ4v) is 1.56. The highest BCUT2D eigenvalue weighted by atomic mass is 35.5. The average molecular weight is 261 g/mol. The van der Waals surface area contributed by atoms with Crippen molar-refractivity contribution in [1.29, 1.82) is 0 Å². The molecule has 2 N–H and O–H groups in total. The first-order chi connectivity index (χ1) is 8.04. The lowest BCUT2D eigenvalue weighted by molar-refractivity contribution is 0.0325. The molecular formula is C12H17ClO4. The zero-order valence-electron chi connectivity index (χ0n) is 9.89. The summed E-state index contributed by atoms with van der Waals surface area (Å²) in [4.78, 5) is 0. The van der Waals surface area contributed by atoms with Crippen molar-refractivity contribution in [3.05, 3.63) is 28.8 Å². The molecule has 0 aliphatic carbocycles. The second kappa shape index (κ2) is 6.81. The monoisotopic (exact) mass is 260 g/mol. The van der Waals surface area contributed by atoms with Crippen LogP contribution in [0.1, 0.15) is 18.6 Å². The Labute approximate surface area is 106 Å². The first-order valence-electron chi connectivity index (χ1n) is 5.32. The highest BCUT2D eigenvalue weighted by Crippen LogP contribution is 2.27. The van der Waals surface area contributed by atoms with Gasteiger partial charge in [0, 0.05) is 7.11 Å². The van der Waals surface area contributed by atoms with Gasteiger partial charge in [-0.3, -0.25) is 0 Å². The maximum Gasteiger partial charge on any atom is 0.138 e. The molecule has 2 unspecified atom stereocenters. The van der Waals surface area contributed by atoms with Crippen LogP contribution in [0.25, 0.3) is 0 Å². The number of aliphatic hydroxyl groups is 2. The molecule has 0 radical (unpaired) electrons. The van der Waals surface area contributed by atoms with Crippen LogP contribution in [0.15, 0.2) is 18.2 Å². The standard InChI is InChI=1S/C12H17ClO4/c1-8(14)9-3-4-12(11(13)5-9)17-7-10(15)6-16-2/h3-5,8,10,14-15H,6-7H2,1-2H3. The van der Waals surface area contributed by atoms with E-state index in [4.69, 9.17) is 21.1 Å². The number of aliphatic hydroxyl groups excluding tert-OH is 2. The van der Waals surface area contributed by atoms with Crippen molar-refractivity contribution in [2.45, 2.75) is 19.1 Å². The predicted molar refractivity (Wildman–Crippen MR) is 65.5 cm³/mol. The Morgan fingerprint density at radius 1 is 1.29 bits per heavy atom. The van der Waals surface area contributed by atoms with Crippen LogP contribution in [-0.4, -0.2) is 36.6 Å². The van der Waals surface area contributed by atoms with E-state index in [9.17, 15) is 10.2 Å². The molecule has 0 heterocycles. The van der Waals surface area contributed by atoms with Crippen molar-refractivity contribution in [3.8, 4) is 5.75 Å². The summed E-state index contributed by atoms with van der Waals surface area (Å²) < 4.78 is 10.1. The molecule has 0 spiro atoms. The molecule has 2 atom stereocenters. The molecule has 1 aromatic carbocycles. The zero-order valence-corrected chi connectivity index (χ0v) is 10.6. The highest BCUT2D eigenvalue weighted by molar-refractivity contribution is 6.32. The third-order valence-corrected chi connectivity index (χ3v) is 2.52. The van der Waals surface area contributed by atoms with Gasteiger partial charge in [-0.15, -0.1) is 0 Å². The van der Waals surface area contributed by atoms with Gasteiger partial charge in [0.05, 0.1) is 17.7 Å². The van der Waals surface area contributed by atoms with Crippen LogP contribution in [0.4, 0.5) is 0 Å². The number of hydrogen-bond donors (Lipinski definition) is 2.